The van der Waals surface area contributed by atoms with Crippen LogP contribution in [-0.4, -0.2) is 4.98 Å². The molecule has 1 aromatic carbocycles. The zero-order valence-corrected chi connectivity index (χ0v) is 10.5. The van der Waals surface area contributed by atoms with Crippen LogP contribution in [0.5, 0.6) is 11.5 Å². The van der Waals surface area contributed by atoms with E-state index in [1.165, 1.54) is 24.3 Å². The fraction of sp³-hybridized carbons (Fsp3) is 0.0769. The minimum Gasteiger partial charge on any atom is -0.457 e. The number of ether oxygens (including phenoxy) is 1. The largest absolute Gasteiger partial charge is 0.457 e. The van der Waals surface area contributed by atoms with Crippen molar-refractivity contribution in [1.82, 2.24) is 4.98 Å². The Kier molecular flexibility index (Phi) is 3.81. The van der Waals surface area contributed by atoms with Crippen LogP contribution in [0.4, 0.5) is 13.2 Å². The van der Waals surface area contributed by atoms with Gasteiger partial charge >= 0.3 is 6.18 Å². The van der Waals surface area contributed by atoms with Crippen molar-refractivity contribution < 1.29 is 17.9 Å². The number of nitrogens with zero attached hydrogens (tertiary/aromatic N) is 2. The first-order valence-electron chi connectivity index (χ1n) is 5.31. The van der Waals surface area contributed by atoms with E-state index in [-0.39, 0.29) is 22.3 Å². The Morgan fingerprint density at radius 1 is 1.10 bits per heavy atom. The summed E-state index contributed by atoms with van der Waals surface area (Å²) in [6, 6.07) is 8.68. The summed E-state index contributed by atoms with van der Waals surface area (Å²) in [5.41, 5.74) is -0.713. The predicted molar refractivity (Wildman–Crippen MR) is 65.5 cm³/mol. The van der Waals surface area contributed by atoms with Gasteiger partial charge in [0.05, 0.1) is 5.56 Å². The summed E-state index contributed by atoms with van der Waals surface area (Å²) in [4.78, 5) is 3.72. The van der Waals surface area contributed by atoms with Crippen molar-refractivity contribution in [3.63, 3.8) is 0 Å². The zero-order valence-electron chi connectivity index (χ0n) is 9.78. The fourth-order valence-corrected chi connectivity index (χ4v) is 1.64. The maximum atomic E-state index is 12.4. The molecule has 0 bridgehead atoms. The minimum atomic E-state index is -4.40. The van der Waals surface area contributed by atoms with Crippen LogP contribution in [-0.2, 0) is 6.18 Å². The normalized spacial score (nSPS) is 10.9. The summed E-state index contributed by atoms with van der Waals surface area (Å²) in [5, 5.41) is 8.79. The highest BCUT2D eigenvalue weighted by atomic mass is 35.5. The second-order valence-corrected chi connectivity index (χ2v) is 4.13. The number of aromatic nitrogens is 1. The van der Waals surface area contributed by atoms with E-state index in [0.29, 0.717) is 0 Å². The highest BCUT2D eigenvalue weighted by Crippen LogP contribution is 2.31. The smallest absolute Gasteiger partial charge is 0.416 e. The van der Waals surface area contributed by atoms with E-state index in [1.54, 1.807) is 6.07 Å². The molecule has 0 fully saturated rings. The molecule has 2 rings (SSSR count). The van der Waals surface area contributed by atoms with Crippen molar-refractivity contribution in [2.24, 2.45) is 0 Å². The van der Waals surface area contributed by atoms with Gasteiger partial charge in [0.2, 0.25) is 0 Å². The van der Waals surface area contributed by atoms with Crippen molar-refractivity contribution in [2.75, 3.05) is 0 Å². The van der Waals surface area contributed by atoms with E-state index in [0.717, 1.165) is 12.1 Å². The van der Waals surface area contributed by atoms with Gasteiger partial charge in [-0.05, 0) is 24.3 Å². The molecule has 0 atom stereocenters. The first-order chi connectivity index (χ1) is 9.38. The SMILES string of the molecule is N#Cc1cc(Oc2ccc(C(F)(F)F)cc2)cc(Cl)n1. The van der Waals surface area contributed by atoms with Crippen LogP contribution in [0.2, 0.25) is 5.15 Å². The van der Waals surface area contributed by atoms with E-state index in [2.05, 4.69) is 4.98 Å². The molecule has 102 valence electrons. The topological polar surface area (TPSA) is 45.9 Å². The molecular weight excluding hydrogens is 293 g/mol. The van der Waals surface area contributed by atoms with E-state index >= 15 is 0 Å². The molecule has 0 unspecified atom stereocenters. The lowest BCUT2D eigenvalue weighted by molar-refractivity contribution is -0.137. The molecular formula is C13H6ClF3N2O. The molecule has 7 heteroatoms. The quantitative estimate of drug-likeness (QED) is 0.771. The van der Waals surface area contributed by atoms with Gasteiger partial charge in [0, 0.05) is 12.1 Å². The standard InChI is InChI=1S/C13H6ClF3N2O/c14-12-6-11(5-9(7-18)19-12)20-10-3-1-8(2-4-10)13(15,16)17/h1-6H. The third-order valence-electron chi connectivity index (χ3n) is 2.30. The fourth-order valence-electron chi connectivity index (χ4n) is 1.44. The molecule has 2 aromatic rings. The van der Waals surface area contributed by atoms with E-state index in [1.807, 2.05) is 0 Å². The van der Waals surface area contributed by atoms with Crippen molar-refractivity contribution >= 4 is 11.6 Å². The van der Waals surface area contributed by atoms with Crippen molar-refractivity contribution in [3.05, 3.63) is 52.8 Å². The number of rotatable bonds is 2. The van der Waals surface area contributed by atoms with Crippen LogP contribution < -0.4 is 4.74 Å². The molecule has 0 N–H and O–H groups in total. The summed E-state index contributed by atoms with van der Waals surface area (Å²) >= 11 is 5.69. The van der Waals surface area contributed by atoms with Gasteiger partial charge in [-0.15, -0.1) is 0 Å². The molecule has 0 aliphatic rings. The molecule has 3 nitrogen and oxygen atoms in total. The molecule has 0 spiro atoms. The van der Waals surface area contributed by atoms with Gasteiger partial charge in [-0.2, -0.15) is 18.4 Å². The number of nitriles is 1. The Hall–Kier alpha value is -2.26. The molecule has 0 radical (unpaired) electrons. The molecule has 1 heterocycles. The summed E-state index contributed by atoms with van der Waals surface area (Å²) in [6.45, 7) is 0. The lowest BCUT2D eigenvalue weighted by Gasteiger charge is -2.09. The number of alkyl halides is 3. The summed E-state index contributed by atoms with van der Waals surface area (Å²) in [6.07, 6.45) is -4.40. The number of pyridine rings is 1. The highest BCUT2D eigenvalue weighted by Gasteiger charge is 2.30. The lowest BCUT2D eigenvalue weighted by Crippen LogP contribution is -2.04. The van der Waals surface area contributed by atoms with Gasteiger partial charge in [-0.1, -0.05) is 11.6 Å². The van der Waals surface area contributed by atoms with Gasteiger partial charge in [0.25, 0.3) is 0 Å². The minimum absolute atomic E-state index is 0.0550. The average Bonchev–Trinajstić information content (AvgIpc) is 2.37. The number of halogens is 4. The number of hydrogen-bond donors (Lipinski definition) is 0. The number of benzene rings is 1. The zero-order chi connectivity index (χ0) is 14.8. The molecule has 20 heavy (non-hydrogen) atoms. The summed E-state index contributed by atoms with van der Waals surface area (Å²) in [7, 11) is 0. The highest BCUT2D eigenvalue weighted by molar-refractivity contribution is 6.29. The third kappa shape index (κ3) is 3.39. The summed E-state index contributed by atoms with van der Waals surface area (Å²) in [5.74, 6) is 0.422. The van der Waals surface area contributed by atoms with Crippen LogP contribution in [0.15, 0.2) is 36.4 Å². The van der Waals surface area contributed by atoms with Gasteiger partial charge < -0.3 is 4.74 Å². The van der Waals surface area contributed by atoms with Crippen LogP contribution in [0.1, 0.15) is 11.3 Å². The Bertz CT molecular complexity index is 663. The molecule has 0 aliphatic carbocycles. The van der Waals surface area contributed by atoms with Gasteiger partial charge in [0.15, 0.2) is 0 Å². The monoisotopic (exact) mass is 298 g/mol. The van der Waals surface area contributed by atoms with Gasteiger partial charge in [-0.25, -0.2) is 4.98 Å². The van der Waals surface area contributed by atoms with E-state index < -0.39 is 11.7 Å². The Morgan fingerprint density at radius 2 is 1.75 bits per heavy atom. The maximum Gasteiger partial charge on any atom is 0.416 e. The third-order valence-corrected chi connectivity index (χ3v) is 2.49. The van der Waals surface area contributed by atoms with Crippen molar-refractivity contribution in [1.29, 1.82) is 5.26 Å². The van der Waals surface area contributed by atoms with Crippen LogP contribution >= 0.6 is 11.6 Å². The van der Waals surface area contributed by atoms with E-state index in [9.17, 15) is 13.2 Å². The van der Waals surface area contributed by atoms with Crippen LogP contribution in [0.25, 0.3) is 0 Å². The van der Waals surface area contributed by atoms with Crippen molar-refractivity contribution in [3.8, 4) is 17.6 Å². The van der Waals surface area contributed by atoms with Gasteiger partial charge in [0.1, 0.15) is 28.4 Å². The predicted octanol–water partition coefficient (Wildman–Crippen LogP) is 4.42. The first kappa shape index (κ1) is 14.2. The first-order valence-corrected chi connectivity index (χ1v) is 5.69. The lowest BCUT2D eigenvalue weighted by atomic mass is 10.2. The van der Waals surface area contributed by atoms with Gasteiger partial charge in [-0.3, -0.25) is 0 Å². The Labute approximate surface area is 117 Å². The van der Waals surface area contributed by atoms with Crippen LogP contribution in [0, 0.1) is 11.3 Å². The second kappa shape index (κ2) is 5.39. The molecule has 0 aliphatic heterocycles. The molecule has 1 aromatic heterocycles. The van der Waals surface area contributed by atoms with E-state index in [4.69, 9.17) is 21.6 Å². The molecule has 0 saturated carbocycles. The Balaban J connectivity index is 2.23. The maximum absolute atomic E-state index is 12.4. The average molecular weight is 299 g/mol. The molecule has 0 amide bonds. The van der Waals surface area contributed by atoms with Crippen molar-refractivity contribution in [2.45, 2.75) is 6.18 Å². The number of hydrogen-bond acceptors (Lipinski definition) is 3. The Morgan fingerprint density at radius 3 is 2.30 bits per heavy atom. The summed E-state index contributed by atoms with van der Waals surface area (Å²) < 4.78 is 42.5. The molecule has 0 saturated heterocycles. The second-order valence-electron chi connectivity index (χ2n) is 3.75. The van der Waals surface area contributed by atoms with Crippen LogP contribution in [0.3, 0.4) is 0 Å².